The zero-order valence-corrected chi connectivity index (χ0v) is 25.9. The van der Waals surface area contributed by atoms with Gasteiger partial charge in [0.25, 0.3) is 0 Å². The Labute approximate surface area is 232 Å². The van der Waals surface area contributed by atoms with E-state index in [1.165, 1.54) is 6.08 Å². The van der Waals surface area contributed by atoms with E-state index < -0.39 is 11.4 Å². The van der Waals surface area contributed by atoms with E-state index in [9.17, 15) is 9.90 Å². The highest BCUT2D eigenvalue weighted by Crippen LogP contribution is 2.48. The first-order valence-electron chi connectivity index (χ1n) is 13.8. The average Bonchev–Trinajstić information content (AvgIpc) is 2.81. The van der Waals surface area contributed by atoms with Crippen LogP contribution in [0.2, 0.25) is 0 Å². The fourth-order valence-corrected chi connectivity index (χ4v) is 4.54. The molecule has 0 saturated heterocycles. The van der Waals surface area contributed by atoms with Crippen LogP contribution in [0.5, 0.6) is 11.5 Å². The van der Waals surface area contributed by atoms with E-state index in [-0.39, 0.29) is 27.9 Å². The smallest absolute Gasteiger partial charge is 0.335 e. The Balaban J connectivity index is 3.07. The Hall–Kier alpha value is -2.81. The van der Waals surface area contributed by atoms with Crippen LogP contribution in [0.3, 0.4) is 0 Å². The highest BCUT2D eigenvalue weighted by Gasteiger charge is 2.33. The normalized spacial score (nSPS) is 13.7. The van der Waals surface area contributed by atoms with Crippen LogP contribution >= 0.6 is 0 Å². The number of ether oxygens (including phenoxy) is 1. The molecule has 0 spiro atoms. The molecule has 0 radical (unpaired) electrons. The van der Waals surface area contributed by atoms with Crippen LogP contribution in [0.1, 0.15) is 129 Å². The van der Waals surface area contributed by atoms with E-state index in [1.54, 1.807) is 0 Å². The third kappa shape index (κ3) is 6.42. The molecule has 0 aliphatic carbocycles. The van der Waals surface area contributed by atoms with Gasteiger partial charge in [0.2, 0.25) is 0 Å². The van der Waals surface area contributed by atoms with Crippen molar-refractivity contribution in [2.75, 3.05) is 0 Å². The van der Waals surface area contributed by atoms with Crippen LogP contribution in [0.15, 0.2) is 49.6 Å². The van der Waals surface area contributed by atoms with Crippen molar-refractivity contribution in [1.82, 2.24) is 0 Å². The van der Waals surface area contributed by atoms with Gasteiger partial charge in [-0.05, 0) is 33.8 Å². The molecule has 208 valence electrons. The highest BCUT2D eigenvalue weighted by atomic mass is 16.5. The zero-order valence-electron chi connectivity index (χ0n) is 25.9. The maximum atomic E-state index is 12.6. The van der Waals surface area contributed by atoms with E-state index in [0.29, 0.717) is 5.75 Å². The molecule has 0 bridgehead atoms. The van der Waals surface area contributed by atoms with Crippen molar-refractivity contribution in [3.05, 3.63) is 83.0 Å². The molecule has 2 aromatic carbocycles. The maximum absolute atomic E-state index is 12.6. The minimum atomic E-state index is -0.490. The van der Waals surface area contributed by atoms with Gasteiger partial charge in [-0.2, -0.15) is 0 Å². The van der Waals surface area contributed by atoms with Crippen LogP contribution in [0.25, 0.3) is 0 Å². The van der Waals surface area contributed by atoms with Gasteiger partial charge >= 0.3 is 5.97 Å². The summed E-state index contributed by atoms with van der Waals surface area (Å²) in [4.78, 5) is 12.6. The molecular formula is C35H50O3. The number of allylic oxidation sites excluding steroid dienone is 1. The summed E-state index contributed by atoms with van der Waals surface area (Å²) >= 11 is 0. The number of aromatic hydroxyl groups is 1. The SMILES string of the molecule is C=CC(=O)Oc1c(C(C)c2cc(C(C)(C)C)cc(C(C)(C)C=C)c2O)cc(C(C)(C)C)cc1C(C)(C)CC. The Morgan fingerprint density at radius 2 is 1.34 bits per heavy atom. The van der Waals surface area contributed by atoms with Gasteiger partial charge in [0.05, 0.1) is 0 Å². The summed E-state index contributed by atoms with van der Waals surface area (Å²) < 4.78 is 6.03. The third-order valence-electron chi connectivity index (χ3n) is 8.11. The van der Waals surface area contributed by atoms with Crippen molar-refractivity contribution in [2.45, 2.75) is 117 Å². The van der Waals surface area contributed by atoms with Crippen molar-refractivity contribution >= 4 is 5.97 Å². The molecule has 0 fully saturated rings. The van der Waals surface area contributed by atoms with E-state index in [0.717, 1.165) is 39.8 Å². The number of carbonyl (C=O) groups is 1. The van der Waals surface area contributed by atoms with E-state index in [2.05, 4.69) is 121 Å². The second kappa shape index (κ2) is 10.8. The summed E-state index contributed by atoms with van der Waals surface area (Å²) in [5.41, 5.74) is 4.89. The number of hydrogen-bond acceptors (Lipinski definition) is 3. The van der Waals surface area contributed by atoms with Gasteiger partial charge in [0.1, 0.15) is 11.5 Å². The van der Waals surface area contributed by atoms with E-state index in [4.69, 9.17) is 4.74 Å². The zero-order chi connectivity index (χ0) is 29.4. The van der Waals surface area contributed by atoms with Crippen molar-refractivity contribution in [3.63, 3.8) is 0 Å². The van der Waals surface area contributed by atoms with Crippen LogP contribution in [0.4, 0.5) is 0 Å². The molecule has 1 unspecified atom stereocenters. The molecule has 2 aromatic rings. The lowest BCUT2D eigenvalue weighted by Crippen LogP contribution is -2.23. The maximum Gasteiger partial charge on any atom is 0.335 e. The molecule has 38 heavy (non-hydrogen) atoms. The lowest BCUT2D eigenvalue weighted by Gasteiger charge is -2.33. The molecular weight excluding hydrogens is 468 g/mol. The van der Waals surface area contributed by atoms with Gasteiger partial charge in [-0.15, -0.1) is 6.58 Å². The first-order chi connectivity index (χ1) is 17.2. The van der Waals surface area contributed by atoms with Crippen molar-refractivity contribution < 1.29 is 14.6 Å². The Kier molecular flexibility index (Phi) is 8.89. The van der Waals surface area contributed by atoms with E-state index in [1.807, 2.05) is 6.08 Å². The van der Waals surface area contributed by atoms with Crippen LogP contribution in [-0.2, 0) is 26.5 Å². The minimum Gasteiger partial charge on any atom is -0.507 e. The standard InChI is InChI=1S/C35H50O3/c1-15-29(36)38-31-26(19-24(33(8,9)10)21-28(31)35(13,14)17-3)22(4)25-18-23(32(5,6)7)20-27(30(25)37)34(11,12)16-2/h15-16,18-22,37H,1-2,17H2,3-14H3. The van der Waals surface area contributed by atoms with Crippen LogP contribution < -0.4 is 4.74 Å². The molecule has 0 saturated carbocycles. The monoisotopic (exact) mass is 518 g/mol. The highest BCUT2D eigenvalue weighted by molar-refractivity contribution is 5.84. The summed E-state index contributed by atoms with van der Waals surface area (Å²) in [7, 11) is 0. The largest absolute Gasteiger partial charge is 0.507 e. The average molecular weight is 519 g/mol. The van der Waals surface area contributed by atoms with Gasteiger partial charge in [-0.1, -0.05) is 120 Å². The number of hydrogen-bond donors (Lipinski definition) is 1. The van der Waals surface area contributed by atoms with Gasteiger partial charge in [0, 0.05) is 39.7 Å². The summed E-state index contributed by atoms with van der Waals surface area (Å²) in [5.74, 6) is 0.0791. The number of phenolic OH excluding ortho intramolecular Hbond substituents is 1. The Morgan fingerprint density at radius 3 is 1.76 bits per heavy atom. The molecule has 0 heterocycles. The van der Waals surface area contributed by atoms with Crippen molar-refractivity contribution in [3.8, 4) is 11.5 Å². The molecule has 3 heteroatoms. The lowest BCUT2D eigenvalue weighted by molar-refractivity contribution is -0.129. The lowest BCUT2D eigenvalue weighted by atomic mass is 9.73. The molecule has 3 nitrogen and oxygen atoms in total. The quantitative estimate of drug-likeness (QED) is 0.164. The van der Waals surface area contributed by atoms with E-state index >= 15 is 0 Å². The van der Waals surface area contributed by atoms with Gasteiger partial charge in [0.15, 0.2) is 0 Å². The minimum absolute atomic E-state index is 0.126. The summed E-state index contributed by atoms with van der Waals surface area (Å²) in [6, 6.07) is 8.54. The molecule has 0 aliphatic rings. The fourth-order valence-electron chi connectivity index (χ4n) is 4.54. The molecule has 0 aromatic heterocycles. The number of phenols is 1. The number of rotatable bonds is 8. The molecule has 0 amide bonds. The fraction of sp³-hybridized carbons (Fsp3) is 0.514. The first-order valence-corrected chi connectivity index (χ1v) is 13.8. The molecule has 0 aliphatic heterocycles. The summed E-state index contributed by atoms with van der Waals surface area (Å²) in [6.45, 7) is 33.5. The number of benzene rings is 2. The second-order valence-corrected chi connectivity index (χ2v) is 13.9. The molecule has 1 atom stereocenters. The molecule has 1 N–H and O–H groups in total. The van der Waals surface area contributed by atoms with Crippen LogP contribution in [-0.4, -0.2) is 11.1 Å². The van der Waals surface area contributed by atoms with Gasteiger partial charge in [-0.3, -0.25) is 0 Å². The van der Waals surface area contributed by atoms with Crippen LogP contribution in [0, 0.1) is 0 Å². The predicted molar refractivity (Wildman–Crippen MR) is 162 cm³/mol. The predicted octanol–water partition coefficient (Wildman–Crippen LogP) is 9.38. The summed E-state index contributed by atoms with van der Waals surface area (Å²) in [5, 5.41) is 11.7. The topological polar surface area (TPSA) is 46.5 Å². The van der Waals surface area contributed by atoms with Gasteiger partial charge < -0.3 is 9.84 Å². The van der Waals surface area contributed by atoms with Crippen molar-refractivity contribution in [2.24, 2.45) is 0 Å². The third-order valence-corrected chi connectivity index (χ3v) is 8.11. The first kappa shape index (κ1) is 31.4. The van der Waals surface area contributed by atoms with Gasteiger partial charge in [-0.25, -0.2) is 4.79 Å². The van der Waals surface area contributed by atoms with Crippen molar-refractivity contribution in [1.29, 1.82) is 0 Å². The summed E-state index contributed by atoms with van der Waals surface area (Å²) in [6.07, 6.45) is 3.95. The second-order valence-electron chi connectivity index (χ2n) is 13.9. The Morgan fingerprint density at radius 1 is 0.868 bits per heavy atom. The molecule has 2 rings (SSSR count). The Bertz CT molecular complexity index is 1210. The number of carbonyl (C=O) groups excluding carboxylic acids is 1. The number of esters is 1.